The van der Waals surface area contributed by atoms with Crippen molar-refractivity contribution in [1.82, 2.24) is 9.80 Å². The van der Waals surface area contributed by atoms with Crippen molar-refractivity contribution < 1.29 is 23.9 Å². The maximum absolute atomic E-state index is 12.9. The highest BCUT2D eigenvalue weighted by Crippen LogP contribution is 2.38. The summed E-state index contributed by atoms with van der Waals surface area (Å²) in [6, 6.07) is 7.31. The topological polar surface area (TPSA) is 114 Å². The molecule has 1 aliphatic carbocycles. The number of para-hydroxylation sites is 2. The van der Waals surface area contributed by atoms with Crippen molar-refractivity contribution in [2.75, 3.05) is 44.6 Å². The van der Waals surface area contributed by atoms with Gasteiger partial charge in [-0.1, -0.05) is 12.1 Å². The normalized spacial score (nSPS) is 19.9. The Hall–Kier alpha value is -3.11. The number of nitrogens with one attached hydrogen (secondary N) is 1. The quantitative estimate of drug-likeness (QED) is 0.667. The molecule has 2 aromatic rings. The fraction of sp³-hybridized carbons (Fsp3) is 0.458. The van der Waals surface area contributed by atoms with Gasteiger partial charge in [0.15, 0.2) is 11.5 Å². The molecule has 0 saturated carbocycles. The van der Waals surface area contributed by atoms with Crippen LogP contribution in [0, 0.1) is 0 Å². The van der Waals surface area contributed by atoms with E-state index in [1.54, 1.807) is 11.0 Å². The molecule has 1 aromatic carbocycles. The first-order chi connectivity index (χ1) is 16.5. The molecule has 0 spiro atoms. The number of benzene rings is 1. The van der Waals surface area contributed by atoms with Crippen LogP contribution in [-0.2, 0) is 22.4 Å². The van der Waals surface area contributed by atoms with E-state index in [2.05, 4.69) is 5.32 Å². The van der Waals surface area contributed by atoms with Gasteiger partial charge in [-0.05, 0) is 43.4 Å². The Morgan fingerprint density at radius 3 is 2.56 bits per heavy atom. The van der Waals surface area contributed by atoms with Crippen molar-refractivity contribution in [2.45, 2.75) is 31.8 Å². The Balaban J connectivity index is 1.14. The Bertz CT molecular complexity index is 1110. The number of rotatable bonds is 5. The Kier molecular flexibility index (Phi) is 6.42. The van der Waals surface area contributed by atoms with Crippen LogP contribution >= 0.6 is 11.3 Å². The largest absolute Gasteiger partial charge is 0.485 e. The van der Waals surface area contributed by atoms with Gasteiger partial charge < -0.3 is 25.4 Å². The summed E-state index contributed by atoms with van der Waals surface area (Å²) in [7, 11) is 0. The number of primary amides is 1. The summed E-state index contributed by atoms with van der Waals surface area (Å²) in [6.07, 6.45) is 3.21. The number of carbonyl (C=O) groups is 3. The summed E-state index contributed by atoms with van der Waals surface area (Å²) < 4.78 is 11.5. The first-order valence-electron chi connectivity index (χ1n) is 11.6. The van der Waals surface area contributed by atoms with Gasteiger partial charge in [0.2, 0.25) is 12.0 Å². The van der Waals surface area contributed by atoms with E-state index in [0.717, 1.165) is 36.1 Å². The van der Waals surface area contributed by atoms with E-state index < -0.39 is 12.0 Å². The molecule has 0 bridgehead atoms. The molecule has 0 unspecified atom stereocenters. The number of thiophene rings is 1. The maximum atomic E-state index is 12.9. The van der Waals surface area contributed by atoms with Crippen LogP contribution in [0.25, 0.3) is 0 Å². The number of nitrogens with zero attached hydrogens (tertiary/aromatic N) is 2. The smallest absolute Gasteiger partial charge is 0.267 e. The van der Waals surface area contributed by atoms with E-state index in [4.69, 9.17) is 15.2 Å². The highest BCUT2D eigenvalue weighted by Gasteiger charge is 2.33. The molecule has 1 aromatic heterocycles. The van der Waals surface area contributed by atoms with Gasteiger partial charge in [-0.3, -0.25) is 19.3 Å². The second kappa shape index (κ2) is 9.63. The van der Waals surface area contributed by atoms with Gasteiger partial charge in [-0.15, -0.1) is 11.3 Å². The van der Waals surface area contributed by atoms with E-state index in [-0.39, 0.29) is 25.0 Å². The standard InChI is InChI=1S/C24H28N4O5S/c25-22(30)21-15-5-1-4-8-19(15)34-23(21)26-20(29)13-27-9-11-28(12-10-27)24(31)18-14-32-16-6-2-3-7-17(16)33-18/h2-3,6-7,18H,1,4-5,8-14H2,(H2,25,30)(H,26,29)/t18-/m0/s1. The van der Waals surface area contributed by atoms with Crippen LogP contribution in [-0.4, -0.2) is 73.0 Å². The summed E-state index contributed by atoms with van der Waals surface area (Å²) in [5.74, 6) is 0.454. The van der Waals surface area contributed by atoms with E-state index in [1.807, 2.05) is 23.1 Å². The second-order valence-corrected chi connectivity index (χ2v) is 9.90. The van der Waals surface area contributed by atoms with Crippen LogP contribution < -0.4 is 20.5 Å². The first kappa shape index (κ1) is 22.7. The SMILES string of the molecule is NC(=O)c1c(NC(=O)CN2CCN(C(=O)[C@@H]3COc4ccccc4O3)CC2)sc2c1CCCC2. The van der Waals surface area contributed by atoms with Crippen LogP contribution in [0.3, 0.4) is 0 Å². The molecule has 3 heterocycles. The van der Waals surface area contributed by atoms with E-state index in [0.29, 0.717) is 48.2 Å². The van der Waals surface area contributed by atoms with Crippen LogP contribution in [0.15, 0.2) is 24.3 Å². The predicted octanol–water partition coefficient (Wildman–Crippen LogP) is 1.65. The summed E-state index contributed by atoms with van der Waals surface area (Å²) in [6.45, 7) is 2.55. The number of hydrogen-bond acceptors (Lipinski definition) is 7. The predicted molar refractivity (Wildman–Crippen MR) is 127 cm³/mol. The molecule has 1 fully saturated rings. The third-order valence-corrected chi connectivity index (χ3v) is 7.71. The molecule has 2 aliphatic heterocycles. The molecule has 1 saturated heterocycles. The number of carbonyl (C=O) groups excluding carboxylic acids is 3. The minimum absolute atomic E-state index is 0.103. The van der Waals surface area contributed by atoms with Crippen LogP contribution in [0.4, 0.5) is 5.00 Å². The molecular formula is C24H28N4O5S. The molecule has 5 rings (SSSR count). The number of fused-ring (bicyclic) bond motifs is 2. The molecule has 3 N–H and O–H groups in total. The summed E-state index contributed by atoms with van der Waals surface area (Å²) >= 11 is 1.47. The Morgan fingerprint density at radius 1 is 1.06 bits per heavy atom. The van der Waals surface area contributed by atoms with E-state index in [9.17, 15) is 14.4 Å². The van der Waals surface area contributed by atoms with Gasteiger partial charge in [0.1, 0.15) is 11.6 Å². The molecule has 9 nitrogen and oxygen atoms in total. The summed E-state index contributed by atoms with van der Waals surface area (Å²) in [5.41, 5.74) is 7.10. The van der Waals surface area contributed by atoms with Gasteiger partial charge in [0.25, 0.3) is 11.8 Å². The Labute approximate surface area is 201 Å². The monoisotopic (exact) mass is 484 g/mol. The zero-order valence-electron chi connectivity index (χ0n) is 18.9. The van der Waals surface area contributed by atoms with Crippen molar-refractivity contribution >= 4 is 34.1 Å². The van der Waals surface area contributed by atoms with Gasteiger partial charge in [-0.25, -0.2) is 0 Å². The summed E-state index contributed by atoms with van der Waals surface area (Å²) in [4.78, 5) is 42.6. The lowest BCUT2D eigenvalue weighted by atomic mass is 9.95. The van der Waals surface area contributed by atoms with Gasteiger partial charge in [0, 0.05) is 31.1 Å². The molecule has 34 heavy (non-hydrogen) atoms. The number of amides is 3. The highest BCUT2D eigenvalue weighted by molar-refractivity contribution is 7.17. The number of ether oxygens (including phenoxy) is 2. The first-order valence-corrected chi connectivity index (χ1v) is 12.4. The van der Waals surface area contributed by atoms with Gasteiger partial charge in [-0.2, -0.15) is 0 Å². The number of piperazine rings is 1. The Morgan fingerprint density at radius 2 is 1.79 bits per heavy atom. The minimum atomic E-state index is -0.665. The molecule has 3 amide bonds. The molecule has 1 atom stereocenters. The highest BCUT2D eigenvalue weighted by atomic mass is 32.1. The fourth-order valence-corrected chi connectivity index (χ4v) is 6.07. The van der Waals surface area contributed by atoms with Crippen molar-refractivity contribution in [3.8, 4) is 11.5 Å². The third-order valence-electron chi connectivity index (χ3n) is 6.51. The lowest BCUT2D eigenvalue weighted by Crippen LogP contribution is -2.54. The van der Waals surface area contributed by atoms with E-state index in [1.165, 1.54) is 11.3 Å². The van der Waals surface area contributed by atoms with Crippen molar-refractivity contribution in [3.63, 3.8) is 0 Å². The molecule has 180 valence electrons. The summed E-state index contributed by atoms with van der Waals surface area (Å²) in [5, 5.41) is 3.47. The zero-order valence-corrected chi connectivity index (χ0v) is 19.7. The second-order valence-electron chi connectivity index (χ2n) is 8.79. The number of hydrogen-bond donors (Lipinski definition) is 2. The number of aryl methyl sites for hydroxylation is 1. The van der Waals surface area contributed by atoms with Gasteiger partial charge >= 0.3 is 0 Å². The fourth-order valence-electron chi connectivity index (χ4n) is 4.76. The van der Waals surface area contributed by atoms with Gasteiger partial charge in [0.05, 0.1) is 12.1 Å². The third kappa shape index (κ3) is 4.60. The zero-order chi connectivity index (χ0) is 23.7. The molecule has 10 heteroatoms. The average Bonchev–Trinajstić information content (AvgIpc) is 3.21. The van der Waals surface area contributed by atoms with Crippen molar-refractivity contribution in [2.24, 2.45) is 5.73 Å². The van der Waals surface area contributed by atoms with E-state index >= 15 is 0 Å². The number of anilines is 1. The van der Waals surface area contributed by atoms with Crippen molar-refractivity contribution in [3.05, 3.63) is 40.3 Å². The molecular weight excluding hydrogens is 456 g/mol. The maximum Gasteiger partial charge on any atom is 0.267 e. The molecule has 3 aliphatic rings. The number of nitrogens with two attached hydrogens (primary N) is 1. The average molecular weight is 485 g/mol. The van der Waals surface area contributed by atoms with Crippen LogP contribution in [0.5, 0.6) is 11.5 Å². The minimum Gasteiger partial charge on any atom is -0.485 e. The lowest BCUT2D eigenvalue weighted by Gasteiger charge is -2.36. The van der Waals surface area contributed by atoms with Crippen LogP contribution in [0.1, 0.15) is 33.6 Å². The molecule has 0 radical (unpaired) electrons. The van der Waals surface area contributed by atoms with Crippen LogP contribution in [0.2, 0.25) is 0 Å². The lowest BCUT2D eigenvalue weighted by molar-refractivity contribution is -0.143. The van der Waals surface area contributed by atoms with Crippen molar-refractivity contribution in [1.29, 1.82) is 0 Å².